The van der Waals surface area contributed by atoms with Gasteiger partial charge in [0.1, 0.15) is 5.92 Å². The molecule has 3 N–H and O–H groups in total. The molecule has 7 heteroatoms. The predicted molar refractivity (Wildman–Crippen MR) is 76.8 cm³/mol. The highest BCUT2D eigenvalue weighted by Gasteiger charge is 2.42. The summed E-state index contributed by atoms with van der Waals surface area (Å²) in [5.74, 6) is -3.28. The van der Waals surface area contributed by atoms with E-state index in [1.807, 2.05) is 30.3 Å². The standard InChI is InChI=1S/C15H15N3O4/c19-13-8-11(15(21)18(13)22)14(20)16-6-5-10-7-9-3-1-2-4-12(9)17-10/h1-4,7,11,17,22H,5-6,8H2,(H,16,20). The zero-order valence-electron chi connectivity index (χ0n) is 11.7. The average molecular weight is 301 g/mol. The lowest BCUT2D eigenvalue weighted by Gasteiger charge is -2.08. The quantitative estimate of drug-likeness (QED) is 0.437. The normalized spacial score (nSPS) is 18.2. The molecule has 1 aromatic heterocycles. The molecule has 0 spiro atoms. The number of nitrogens with one attached hydrogen (secondary N) is 2. The third kappa shape index (κ3) is 2.58. The van der Waals surface area contributed by atoms with Crippen LogP contribution in [0, 0.1) is 5.92 Å². The minimum Gasteiger partial charge on any atom is -0.358 e. The van der Waals surface area contributed by atoms with Gasteiger partial charge in [0.05, 0.1) is 6.42 Å². The van der Waals surface area contributed by atoms with E-state index in [4.69, 9.17) is 5.21 Å². The maximum Gasteiger partial charge on any atom is 0.266 e. The highest BCUT2D eigenvalue weighted by Crippen LogP contribution is 2.18. The smallest absolute Gasteiger partial charge is 0.266 e. The third-order valence-corrected chi connectivity index (χ3v) is 3.72. The second-order valence-corrected chi connectivity index (χ2v) is 5.22. The first-order valence-corrected chi connectivity index (χ1v) is 6.96. The Labute approximate surface area is 125 Å². The molecule has 22 heavy (non-hydrogen) atoms. The van der Waals surface area contributed by atoms with Crippen molar-refractivity contribution in [1.29, 1.82) is 0 Å². The van der Waals surface area contributed by atoms with E-state index in [1.165, 1.54) is 0 Å². The molecule has 1 aliphatic rings. The van der Waals surface area contributed by atoms with Crippen molar-refractivity contribution in [2.45, 2.75) is 12.8 Å². The average Bonchev–Trinajstić information content (AvgIpc) is 3.03. The molecule has 3 amide bonds. The van der Waals surface area contributed by atoms with Crippen LogP contribution in [-0.4, -0.2) is 39.5 Å². The maximum atomic E-state index is 11.9. The summed E-state index contributed by atoms with van der Waals surface area (Å²) in [4.78, 5) is 37.8. The number of hydrogen-bond acceptors (Lipinski definition) is 4. The molecule has 0 bridgehead atoms. The van der Waals surface area contributed by atoms with Gasteiger partial charge >= 0.3 is 0 Å². The van der Waals surface area contributed by atoms with Crippen LogP contribution < -0.4 is 5.32 Å². The van der Waals surface area contributed by atoms with Gasteiger partial charge in [-0.2, -0.15) is 5.06 Å². The number of hydrogen-bond donors (Lipinski definition) is 3. The zero-order chi connectivity index (χ0) is 15.7. The van der Waals surface area contributed by atoms with Crippen LogP contribution in [0.3, 0.4) is 0 Å². The molecule has 114 valence electrons. The van der Waals surface area contributed by atoms with Gasteiger partial charge in [0.15, 0.2) is 0 Å². The lowest BCUT2D eigenvalue weighted by Crippen LogP contribution is -2.37. The van der Waals surface area contributed by atoms with Crippen molar-refractivity contribution < 1.29 is 19.6 Å². The fourth-order valence-electron chi connectivity index (χ4n) is 2.54. The fraction of sp³-hybridized carbons (Fsp3) is 0.267. The van der Waals surface area contributed by atoms with Crippen LogP contribution in [0.15, 0.2) is 30.3 Å². The number of fused-ring (bicyclic) bond motifs is 1. The largest absolute Gasteiger partial charge is 0.358 e. The number of hydroxylamine groups is 2. The Kier molecular flexibility index (Phi) is 3.64. The molecule has 3 rings (SSSR count). The number of imide groups is 1. The van der Waals surface area contributed by atoms with E-state index in [-0.39, 0.29) is 11.5 Å². The van der Waals surface area contributed by atoms with Gasteiger partial charge in [0, 0.05) is 24.2 Å². The topological polar surface area (TPSA) is 102 Å². The molecular formula is C15H15N3O4. The Morgan fingerprint density at radius 1 is 1.36 bits per heavy atom. The van der Waals surface area contributed by atoms with E-state index in [2.05, 4.69) is 10.3 Å². The summed E-state index contributed by atoms with van der Waals surface area (Å²) in [6.07, 6.45) is 0.297. The van der Waals surface area contributed by atoms with Gasteiger partial charge in [0.25, 0.3) is 11.8 Å². The van der Waals surface area contributed by atoms with E-state index in [1.54, 1.807) is 0 Å². The van der Waals surface area contributed by atoms with Crippen molar-refractivity contribution >= 4 is 28.6 Å². The molecule has 1 aliphatic heterocycles. The number of H-pyrrole nitrogens is 1. The van der Waals surface area contributed by atoms with Crippen molar-refractivity contribution in [2.75, 3.05) is 6.54 Å². The van der Waals surface area contributed by atoms with Gasteiger partial charge < -0.3 is 10.3 Å². The Hall–Kier alpha value is -2.67. The monoisotopic (exact) mass is 301 g/mol. The van der Waals surface area contributed by atoms with Crippen molar-refractivity contribution in [3.63, 3.8) is 0 Å². The van der Waals surface area contributed by atoms with Crippen LogP contribution in [0.25, 0.3) is 10.9 Å². The molecule has 2 aromatic rings. The van der Waals surface area contributed by atoms with Crippen molar-refractivity contribution in [2.24, 2.45) is 5.92 Å². The number of carbonyl (C=O) groups is 3. The second-order valence-electron chi connectivity index (χ2n) is 5.22. The summed E-state index contributed by atoms with van der Waals surface area (Å²) >= 11 is 0. The molecule has 1 saturated heterocycles. The molecular weight excluding hydrogens is 286 g/mol. The molecule has 0 saturated carbocycles. The molecule has 0 aliphatic carbocycles. The first-order chi connectivity index (χ1) is 10.6. The SMILES string of the molecule is O=C(NCCc1cc2ccccc2[nH]1)C1CC(=O)N(O)C1=O. The minimum absolute atomic E-state index is 0.0158. The Bertz CT molecular complexity index is 719. The first-order valence-electron chi connectivity index (χ1n) is 6.96. The molecule has 1 fully saturated rings. The molecule has 2 heterocycles. The number of aromatic nitrogens is 1. The number of benzene rings is 1. The van der Waals surface area contributed by atoms with Crippen LogP contribution in [0.5, 0.6) is 0 Å². The number of amides is 3. The summed E-state index contributed by atoms with van der Waals surface area (Å²) in [6.45, 7) is 0.342. The maximum absolute atomic E-state index is 11.9. The van der Waals surface area contributed by atoms with Crippen LogP contribution in [-0.2, 0) is 20.8 Å². The fourth-order valence-corrected chi connectivity index (χ4v) is 2.54. The van der Waals surface area contributed by atoms with Gasteiger partial charge in [-0.25, -0.2) is 0 Å². The van der Waals surface area contributed by atoms with Gasteiger partial charge in [-0.15, -0.1) is 0 Å². The van der Waals surface area contributed by atoms with E-state index < -0.39 is 23.6 Å². The Morgan fingerprint density at radius 2 is 2.14 bits per heavy atom. The highest BCUT2D eigenvalue weighted by molar-refractivity contribution is 6.12. The number of nitrogens with zero attached hydrogens (tertiary/aromatic N) is 1. The lowest BCUT2D eigenvalue weighted by atomic mass is 10.1. The molecule has 0 radical (unpaired) electrons. The molecule has 1 unspecified atom stereocenters. The number of rotatable bonds is 4. The summed E-state index contributed by atoms with van der Waals surface area (Å²) in [5.41, 5.74) is 2.00. The Balaban J connectivity index is 1.55. The number of carbonyl (C=O) groups excluding carboxylic acids is 3. The van der Waals surface area contributed by atoms with Crippen LogP contribution in [0.4, 0.5) is 0 Å². The van der Waals surface area contributed by atoms with Gasteiger partial charge in [-0.1, -0.05) is 18.2 Å². The summed E-state index contributed by atoms with van der Waals surface area (Å²) < 4.78 is 0. The molecule has 7 nitrogen and oxygen atoms in total. The van der Waals surface area contributed by atoms with Gasteiger partial charge in [-0.3, -0.25) is 19.6 Å². The number of para-hydroxylation sites is 1. The van der Waals surface area contributed by atoms with Crippen molar-refractivity contribution in [3.05, 3.63) is 36.0 Å². The highest BCUT2D eigenvalue weighted by atomic mass is 16.5. The predicted octanol–water partition coefficient (Wildman–Crippen LogP) is 0.591. The molecule has 1 atom stereocenters. The Morgan fingerprint density at radius 3 is 2.82 bits per heavy atom. The van der Waals surface area contributed by atoms with Gasteiger partial charge in [-0.05, 0) is 17.5 Å². The van der Waals surface area contributed by atoms with Crippen molar-refractivity contribution in [3.8, 4) is 0 Å². The first kappa shape index (κ1) is 14.3. The third-order valence-electron chi connectivity index (χ3n) is 3.72. The van der Waals surface area contributed by atoms with Crippen LogP contribution in [0.1, 0.15) is 12.1 Å². The van der Waals surface area contributed by atoms with Crippen molar-refractivity contribution in [1.82, 2.24) is 15.4 Å². The second kappa shape index (κ2) is 5.61. The van der Waals surface area contributed by atoms with E-state index in [9.17, 15) is 14.4 Å². The minimum atomic E-state index is -1.12. The van der Waals surface area contributed by atoms with Crippen LogP contribution >= 0.6 is 0 Å². The summed E-state index contributed by atoms with van der Waals surface area (Å²) in [5, 5.41) is 12.8. The zero-order valence-corrected chi connectivity index (χ0v) is 11.7. The molecule has 1 aromatic carbocycles. The van der Waals surface area contributed by atoms with Gasteiger partial charge in [0.2, 0.25) is 5.91 Å². The van der Waals surface area contributed by atoms with E-state index >= 15 is 0 Å². The summed E-state index contributed by atoms with van der Waals surface area (Å²) in [6, 6.07) is 9.85. The summed E-state index contributed by atoms with van der Waals surface area (Å²) in [7, 11) is 0. The lowest BCUT2D eigenvalue weighted by molar-refractivity contribution is -0.172. The number of aromatic amines is 1. The van der Waals surface area contributed by atoms with Crippen LogP contribution in [0.2, 0.25) is 0 Å². The van der Waals surface area contributed by atoms with E-state index in [0.29, 0.717) is 13.0 Å². The van der Waals surface area contributed by atoms with E-state index in [0.717, 1.165) is 16.6 Å².